The van der Waals surface area contributed by atoms with E-state index in [1.165, 1.54) is 30.4 Å². The minimum absolute atomic E-state index is 0.435. The molecule has 0 unspecified atom stereocenters. The molecule has 2 heterocycles. The highest BCUT2D eigenvalue weighted by Gasteiger charge is 2.27. The molecule has 2 aromatic heterocycles. The minimum atomic E-state index is 0.435. The van der Waals surface area contributed by atoms with Crippen LogP contribution in [0.25, 0.3) is 22.4 Å². The molecular formula is C26H31N5. The average Bonchev–Trinajstić information content (AvgIpc) is 3.44. The summed E-state index contributed by atoms with van der Waals surface area (Å²) in [7, 11) is 1.69. The summed E-state index contributed by atoms with van der Waals surface area (Å²) in [5.74, 6) is 1.77. The van der Waals surface area contributed by atoms with E-state index in [2.05, 4.69) is 46.5 Å². The van der Waals surface area contributed by atoms with Crippen LogP contribution in [0, 0.1) is 0 Å². The standard InChI is InChI=1S/C24H25N5.C2H6/c1-3-5-19(22(25)26-2)23-28-21-13-12-20(16-8-9-16)27-24(21)29(23)18-11-10-15-6-4-7-17(15)14-18;1-2/h3,5,10-14,16H,1,4,6-9H2,2H3,(H2,25,26);1-2H3/b19-5+;. The Morgan fingerprint density at radius 3 is 2.61 bits per heavy atom. The first-order chi connectivity index (χ1) is 15.2. The number of amidine groups is 1. The van der Waals surface area contributed by atoms with Crippen molar-refractivity contribution in [2.45, 2.75) is 51.9 Å². The zero-order valence-electron chi connectivity index (χ0n) is 18.7. The third-order valence-corrected chi connectivity index (χ3v) is 5.90. The quantitative estimate of drug-likeness (QED) is 0.347. The van der Waals surface area contributed by atoms with Gasteiger partial charge in [0.1, 0.15) is 11.4 Å². The van der Waals surface area contributed by atoms with Gasteiger partial charge < -0.3 is 5.73 Å². The van der Waals surface area contributed by atoms with Crippen molar-refractivity contribution in [1.29, 1.82) is 0 Å². The lowest BCUT2D eigenvalue weighted by Crippen LogP contribution is -2.17. The predicted octanol–water partition coefficient (Wildman–Crippen LogP) is 5.37. The molecule has 1 fully saturated rings. The SMILES string of the molecule is C=C/C=C(\C(N)=NC)c1nc2ccc(C3CC3)nc2n1-c1ccc2c(c1)CCC2.CC. The first-order valence-electron chi connectivity index (χ1n) is 11.3. The molecular weight excluding hydrogens is 382 g/mol. The Kier molecular flexibility index (Phi) is 6.03. The molecule has 0 saturated heterocycles. The summed E-state index contributed by atoms with van der Waals surface area (Å²) in [5, 5.41) is 0. The third-order valence-electron chi connectivity index (χ3n) is 5.90. The lowest BCUT2D eigenvalue weighted by molar-refractivity contribution is 0.911. The van der Waals surface area contributed by atoms with Crippen molar-refractivity contribution in [3.63, 3.8) is 0 Å². The molecule has 0 spiro atoms. The number of rotatable bonds is 5. The largest absolute Gasteiger partial charge is 0.383 e. The molecule has 5 rings (SSSR count). The number of nitrogens with zero attached hydrogens (tertiary/aromatic N) is 4. The smallest absolute Gasteiger partial charge is 0.165 e. The van der Waals surface area contributed by atoms with Crippen molar-refractivity contribution in [1.82, 2.24) is 14.5 Å². The Morgan fingerprint density at radius 2 is 1.90 bits per heavy atom. The summed E-state index contributed by atoms with van der Waals surface area (Å²) in [4.78, 5) is 14.1. The molecule has 0 bridgehead atoms. The molecule has 5 nitrogen and oxygen atoms in total. The van der Waals surface area contributed by atoms with Gasteiger partial charge in [0, 0.05) is 24.3 Å². The van der Waals surface area contributed by atoms with Crippen molar-refractivity contribution >= 4 is 22.6 Å². The van der Waals surface area contributed by atoms with E-state index in [0.29, 0.717) is 11.8 Å². The summed E-state index contributed by atoms with van der Waals surface area (Å²) in [6.07, 6.45) is 9.54. The Morgan fingerprint density at radius 1 is 1.13 bits per heavy atom. The van der Waals surface area contributed by atoms with E-state index in [1.807, 2.05) is 19.9 Å². The summed E-state index contributed by atoms with van der Waals surface area (Å²) >= 11 is 0. The van der Waals surface area contributed by atoms with Crippen LogP contribution in [-0.4, -0.2) is 27.4 Å². The van der Waals surface area contributed by atoms with E-state index < -0.39 is 0 Å². The second-order valence-corrected chi connectivity index (χ2v) is 7.86. The van der Waals surface area contributed by atoms with Gasteiger partial charge in [0.05, 0.1) is 5.57 Å². The molecule has 0 amide bonds. The van der Waals surface area contributed by atoms with Crippen LogP contribution in [0.4, 0.5) is 0 Å². The van der Waals surface area contributed by atoms with Gasteiger partial charge in [0.25, 0.3) is 0 Å². The minimum Gasteiger partial charge on any atom is -0.383 e. The van der Waals surface area contributed by atoms with Crippen molar-refractivity contribution < 1.29 is 0 Å². The van der Waals surface area contributed by atoms with Crippen LogP contribution in [0.2, 0.25) is 0 Å². The number of fused-ring (bicyclic) bond motifs is 2. The van der Waals surface area contributed by atoms with Gasteiger partial charge in [-0.05, 0) is 73.6 Å². The summed E-state index contributed by atoms with van der Waals surface area (Å²) in [6, 6.07) is 10.9. The lowest BCUT2D eigenvalue weighted by atomic mass is 10.1. The van der Waals surface area contributed by atoms with E-state index in [0.717, 1.165) is 46.8 Å². The van der Waals surface area contributed by atoms with E-state index in [1.54, 1.807) is 13.1 Å². The van der Waals surface area contributed by atoms with Gasteiger partial charge in [-0.15, -0.1) is 0 Å². The molecule has 1 saturated carbocycles. The first kappa shape index (κ1) is 21.0. The van der Waals surface area contributed by atoms with Crippen LogP contribution in [0.3, 0.4) is 0 Å². The molecule has 31 heavy (non-hydrogen) atoms. The second-order valence-electron chi connectivity index (χ2n) is 7.86. The highest BCUT2D eigenvalue weighted by Crippen LogP contribution is 2.40. The van der Waals surface area contributed by atoms with E-state index in [9.17, 15) is 0 Å². The van der Waals surface area contributed by atoms with Crippen LogP contribution in [0.1, 0.15) is 61.7 Å². The molecule has 3 aromatic rings. The van der Waals surface area contributed by atoms with Crippen molar-refractivity contribution in [3.8, 4) is 5.69 Å². The fourth-order valence-electron chi connectivity index (χ4n) is 4.21. The monoisotopic (exact) mass is 413 g/mol. The zero-order valence-corrected chi connectivity index (χ0v) is 18.7. The van der Waals surface area contributed by atoms with Crippen LogP contribution in [0.15, 0.2) is 54.1 Å². The molecule has 0 atom stereocenters. The molecule has 0 aliphatic heterocycles. The Bertz CT molecular complexity index is 1180. The Labute approximate surface area is 184 Å². The summed E-state index contributed by atoms with van der Waals surface area (Å²) in [6.45, 7) is 7.85. The van der Waals surface area contributed by atoms with Crippen molar-refractivity contribution in [2.24, 2.45) is 10.7 Å². The molecule has 0 radical (unpaired) electrons. The number of aryl methyl sites for hydroxylation is 2. The number of allylic oxidation sites excluding steroid dienone is 2. The maximum atomic E-state index is 6.24. The van der Waals surface area contributed by atoms with Crippen LogP contribution in [-0.2, 0) is 12.8 Å². The highest BCUT2D eigenvalue weighted by molar-refractivity contribution is 6.21. The van der Waals surface area contributed by atoms with E-state index in [-0.39, 0.29) is 0 Å². The maximum absolute atomic E-state index is 6.24. The van der Waals surface area contributed by atoms with E-state index in [4.69, 9.17) is 15.7 Å². The number of aromatic nitrogens is 3. The summed E-state index contributed by atoms with van der Waals surface area (Å²) < 4.78 is 2.13. The van der Waals surface area contributed by atoms with Crippen LogP contribution >= 0.6 is 0 Å². The van der Waals surface area contributed by atoms with Gasteiger partial charge in [-0.3, -0.25) is 9.56 Å². The summed E-state index contributed by atoms with van der Waals surface area (Å²) in [5.41, 5.74) is 13.8. The normalized spacial score (nSPS) is 16.1. The lowest BCUT2D eigenvalue weighted by Gasteiger charge is -2.13. The molecule has 2 aliphatic rings. The third kappa shape index (κ3) is 3.92. The first-order valence-corrected chi connectivity index (χ1v) is 11.3. The molecule has 160 valence electrons. The molecule has 5 heteroatoms. The molecule has 2 aliphatic carbocycles. The maximum Gasteiger partial charge on any atom is 0.165 e. The van der Waals surface area contributed by atoms with Gasteiger partial charge in [-0.1, -0.05) is 32.6 Å². The number of aliphatic imine (C=N–C) groups is 1. The fraction of sp³-hybridized carbons (Fsp3) is 0.346. The van der Waals surface area contributed by atoms with Crippen molar-refractivity contribution in [3.05, 3.63) is 71.7 Å². The Hall–Kier alpha value is -3.21. The predicted molar refractivity (Wildman–Crippen MR) is 130 cm³/mol. The number of hydrogen-bond acceptors (Lipinski definition) is 3. The van der Waals surface area contributed by atoms with Gasteiger partial charge in [0.2, 0.25) is 0 Å². The molecule has 2 N–H and O–H groups in total. The zero-order chi connectivity index (χ0) is 22.0. The van der Waals surface area contributed by atoms with Crippen LogP contribution in [0.5, 0.6) is 0 Å². The number of pyridine rings is 1. The van der Waals surface area contributed by atoms with Gasteiger partial charge in [-0.25, -0.2) is 9.97 Å². The number of imidazole rings is 1. The van der Waals surface area contributed by atoms with Crippen molar-refractivity contribution in [2.75, 3.05) is 7.05 Å². The van der Waals surface area contributed by atoms with Crippen LogP contribution < -0.4 is 5.73 Å². The Balaban J connectivity index is 0.00000112. The number of benzene rings is 1. The number of nitrogens with two attached hydrogens (primary N) is 1. The van der Waals surface area contributed by atoms with Gasteiger partial charge >= 0.3 is 0 Å². The van der Waals surface area contributed by atoms with Gasteiger partial charge in [-0.2, -0.15) is 0 Å². The number of hydrogen-bond donors (Lipinski definition) is 1. The highest BCUT2D eigenvalue weighted by atomic mass is 15.1. The van der Waals surface area contributed by atoms with Gasteiger partial charge in [0.15, 0.2) is 11.5 Å². The fourth-order valence-corrected chi connectivity index (χ4v) is 4.21. The van der Waals surface area contributed by atoms with E-state index >= 15 is 0 Å². The average molecular weight is 414 g/mol. The molecule has 1 aromatic carbocycles. The topological polar surface area (TPSA) is 69.1 Å². The second kappa shape index (κ2) is 8.88.